The van der Waals surface area contributed by atoms with Crippen molar-refractivity contribution in [2.75, 3.05) is 0 Å². The molecule has 0 aromatic carbocycles. The number of hydrogen-bond donors (Lipinski definition) is 1. The molecule has 2 rings (SSSR count). The Balaban J connectivity index is 2.30. The van der Waals surface area contributed by atoms with Crippen LogP contribution in [0.4, 0.5) is 0 Å². The number of aromatic nitrogens is 1. The standard InChI is InChI=1S/C13H17NOS2/c1-8-9(5-6-16-8)11(15)10-7-17-12(14-10)13(2,3)4/h5-7,11,15H,1-4H3. The van der Waals surface area contributed by atoms with Crippen LogP contribution in [0.5, 0.6) is 0 Å². The fourth-order valence-corrected chi connectivity index (χ4v) is 3.25. The van der Waals surface area contributed by atoms with Crippen molar-refractivity contribution in [2.24, 2.45) is 0 Å². The van der Waals surface area contributed by atoms with Crippen LogP contribution in [-0.2, 0) is 5.41 Å². The fraction of sp³-hybridized carbons (Fsp3) is 0.462. The van der Waals surface area contributed by atoms with Crippen LogP contribution in [0.3, 0.4) is 0 Å². The third-order valence-electron chi connectivity index (χ3n) is 2.64. The van der Waals surface area contributed by atoms with Crippen LogP contribution < -0.4 is 0 Å². The maximum absolute atomic E-state index is 10.3. The summed E-state index contributed by atoms with van der Waals surface area (Å²) in [6, 6.07) is 1.97. The van der Waals surface area contributed by atoms with E-state index in [2.05, 4.69) is 25.8 Å². The van der Waals surface area contributed by atoms with Crippen molar-refractivity contribution < 1.29 is 5.11 Å². The van der Waals surface area contributed by atoms with Gasteiger partial charge < -0.3 is 5.11 Å². The predicted octanol–water partition coefficient (Wildman–Crippen LogP) is 3.89. The second-order valence-corrected chi connectivity index (χ2v) is 7.14. The van der Waals surface area contributed by atoms with Crippen molar-refractivity contribution >= 4 is 22.7 Å². The summed E-state index contributed by atoms with van der Waals surface area (Å²) in [5.74, 6) is 0. The average Bonchev–Trinajstić information content (AvgIpc) is 2.83. The number of aliphatic hydroxyl groups excluding tert-OH is 1. The van der Waals surface area contributed by atoms with Crippen LogP contribution in [0.1, 0.15) is 48.0 Å². The molecule has 17 heavy (non-hydrogen) atoms. The minimum Gasteiger partial charge on any atom is -0.382 e. The number of nitrogens with zero attached hydrogens (tertiary/aromatic N) is 1. The van der Waals surface area contributed by atoms with Crippen LogP contribution in [0.15, 0.2) is 16.8 Å². The maximum atomic E-state index is 10.3. The van der Waals surface area contributed by atoms with Crippen LogP contribution in [0, 0.1) is 6.92 Å². The summed E-state index contributed by atoms with van der Waals surface area (Å²) < 4.78 is 0. The van der Waals surface area contributed by atoms with Gasteiger partial charge in [0.05, 0.1) is 10.7 Å². The van der Waals surface area contributed by atoms with Crippen LogP contribution in [-0.4, -0.2) is 10.1 Å². The molecule has 2 nitrogen and oxygen atoms in total. The van der Waals surface area contributed by atoms with Crippen LogP contribution in [0.2, 0.25) is 0 Å². The van der Waals surface area contributed by atoms with Gasteiger partial charge in [0.1, 0.15) is 6.10 Å². The smallest absolute Gasteiger partial charge is 0.123 e. The molecule has 1 N–H and O–H groups in total. The monoisotopic (exact) mass is 267 g/mol. The molecule has 0 saturated carbocycles. The molecule has 0 aliphatic carbocycles. The van der Waals surface area contributed by atoms with Crippen molar-refractivity contribution in [2.45, 2.75) is 39.2 Å². The van der Waals surface area contributed by atoms with Crippen molar-refractivity contribution in [1.82, 2.24) is 4.98 Å². The Kier molecular flexibility index (Phi) is 3.39. The zero-order chi connectivity index (χ0) is 12.6. The SMILES string of the molecule is Cc1sccc1C(O)c1csc(C(C)(C)C)n1. The Morgan fingerprint density at radius 1 is 1.29 bits per heavy atom. The van der Waals surface area contributed by atoms with E-state index in [4.69, 9.17) is 0 Å². The highest BCUT2D eigenvalue weighted by Crippen LogP contribution is 2.32. The van der Waals surface area contributed by atoms with Crippen LogP contribution >= 0.6 is 22.7 Å². The summed E-state index contributed by atoms with van der Waals surface area (Å²) in [6.45, 7) is 8.44. The van der Waals surface area contributed by atoms with Gasteiger partial charge in [-0.15, -0.1) is 22.7 Å². The van der Waals surface area contributed by atoms with E-state index in [9.17, 15) is 5.11 Å². The first kappa shape index (κ1) is 12.7. The Morgan fingerprint density at radius 2 is 2.00 bits per heavy atom. The lowest BCUT2D eigenvalue weighted by Crippen LogP contribution is -2.11. The van der Waals surface area contributed by atoms with E-state index in [-0.39, 0.29) is 5.41 Å². The Labute approximate surface area is 110 Å². The summed E-state index contributed by atoms with van der Waals surface area (Å²) in [7, 11) is 0. The average molecular weight is 267 g/mol. The Bertz CT molecular complexity index is 507. The molecular weight excluding hydrogens is 250 g/mol. The lowest BCUT2D eigenvalue weighted by atomic mass is 9.98. The lowest BCUT2D eigenvalue weighted by Gasteiger charge is -2.14. The second kappa shape index (κ2) is 4.52. The second-order valence-electron chi connectivity index (χ2n) is 5.16. The normalized spacial score (nSPS) is 13.9. The van der Waals surface area contributed by atoms with E-state index in [0.717, 1.165) is 21.1 Å². The highest BCUT2D eigenvalue weighted by molar-refractivity contribution is 7.10. The minimum atomic E-state index is -0.589. The Morgan fingerprint density at radius 3 is 2.47 bits per heavy atom. The number of hydrogen-bond acceptors (Lipinski definition) is 4. The number of thiophene rings is 1. The lowest BCUT2D eigenvalue weighted by molar-refractivity contribution is 0.215. The quantitative estimate of drug-likeness (QED) is 0.895. The molecule has 2 heterocycles. The highest BCUT2D eigenvalue weighted by atomic mass is 32.1. The third kappa shape index (κ3) is 2.59. The first-order chi connectivity index (χ1) is 7.89. The molecule has 0 spiro atoms. The van der Waals surface area contributed by atoms with E-state index in [1.54, 1.807) is 22.7 Å². The molecule has 0 radical (unpaired) electrons. The fourth-order valence-electron chi connectivity index (χ4n) is 1.59. The third-order valence-corrected chi connectivity index (χ3v) is 4.78. The zero-order valence-corrected chi connectivity index (χ0v) is 12.2. The topological polar surface area (TPSA) is 33.1 Å². The number of aryl methyl sites for hydroxylation is 1. The van der Waals surface area contributed by atoms with E-state index in [0.29, 0.717) is 0 Å². The van der Waals surface area contributed by atoms with Gasteiger partial charge in [-0.3, -0.25) is 0 Å². The highest BCUT2D eigenvalue weighted by Gasteiger charge is 2.22. The van der Waals surface area contributed by atoms with Crippen molar-refractivity contribution in [3.05, 3.63) is 38.0 Å². The zero-order valence-electron chi connectivity index (χ0n) is 10.5. The molecule has 2 aromatic heterocycles. The molecule has 0 aliphatic heterocycles. The van der Waals surface area contributed by atoms with Gasteiger partial charge in [0.2, 0.25) is 0 Å². The van der Waals surface area contributed by atoms with E-state index >= 15 is 0 Å². The molecule has 0 bridgehead atoms. The van der Waals surface area contributed by atoms with Crippen molar-refractivity contribution in [3.8, 4) is 0 Å². The molecular formula is C13H17NOS2. The van der Waals surface area contributed by atoms with Gasteiger partial charge in [-0.2, -0.15) is 0 Å². The molecule has 4 heteroatoms. The van der Waals surface area contributed by atoms with E-state index in [1.807, 2.05) is 23.8 Å². The van der Waals surface area contributed by atoms with Crippen LogP contribution in [0.25, 0.3) is 0 Å². The van der Waals surface area contributed by atoms with Gasteiger partial charge in [0, 0.05) is 21.2 Å². The van der Waals surface area contributed by atoms with Crippen molar-refractivity contribution in [3.63, 3.8) is 0 Å². The maximum Gasteiger partial charge on any atom is 0.123 e. The largest absolute Gasteiger partial charge is 0.382 e. The van der Waals surface area contributed by atoms with E-state index in [1.165, 1.54) is 0 Å². The molecule has 0 fully saturated rings. The van der Waals surface area contributed by atoms with Crippen molar-refractivity contribution in [1.29, 1.82) is 0 Å². The molecule has 2 aromatic rings. The number of thiazole rings is 1. The van der Waals surface area contributed by atoms with Gasteiger partial charge in [0.15, 0.2) is 0 Å². The number of rotatable bonds is 2. The van der Waals surface area contributed by atoms with E-state index < -0.39 is 6.10 Å². The summed E-state index contributed by atoms with van der Waals surface area (Å²) in [4.78, 5) is 5.71. The van der Waals surface area contributed by atoms with Gasteiger partial charge >= 0.3 is 0 Å². The first-order valence-electron chi connectivity index (χ1n) is 5.57. The molecule has 92 valence electrons. The Hall–Kier alpha value is -0.710. The predicted molar refractivity (Wildman–Crippen MR) is 73.9 cm³/mol. The van der Waals surface area contributed by atoms with Gasteiger partial charge in [-0.25, -0.2) is 4.98 Å². The number of aliphatic hydroxyl groups is 1. The summed E-state index contributed by atoms with van der Waals surface area (Å²) in [6.07, 6.45) is -0.589. The molecule has 0 saturated heterocycles. The van der Waals surface area contributed by atoms with Gasteiger partial charge in [-0.1, -0.05) is 20.8 Å². The summed E-state index contributed by atoms with van der Waals surface area (Å²) in [5.41, 5.74) is 1.79. The molecule has 0 aliphatic rings. The van der Waals surface area contributed by atoms with Gasteiger partial charge in [0.25, 0.3) is 0 Å². The summed E-state index contributed by atoms with van der Waals surface area (Å²) >= 11 is 3.28. The molecule has 1 atom stereocenters. The summed E-state index contributed by atoms with van der Waals surface area (Å²) in [5, 5.41) is 15.3. The minimum absolute atomic E-state index is 0.0479. The molecule has 0 amide bonds. The van der Waals surface area contributed by atoms with Gasteiger partial charge in [-0.05, 0) is 18.4 Å². The first-order valence-corrected chi connectivity index (χ1v) is 7.33. The molecule has 1 unspecified atom stereocenters.